The summed E-state index contributed by atoms with van der Waals surface area (Å²) in [5, 5.41) is 5.98. The van der Waals surface area contributed by atoms with Gasteiger partial charge < -0.3 is 14.8 Å². The Hall–Kier alpha value is -2.60. The Bertz CT molecular complexity index is 820. The van der Waals surface area contributed by atoms with Crippen LogP contribution in [0.15, 0.2) is 48.5 Å². The van der Waals surface area contributed by atoms with Gasteiger partial charge in [0, 0.05) is 11.3 Å². The number of nitrogens with one attached hydrogen (secondary N) is 2. The third-order valence-electron chi connectivity index (χ3n) is 4.94. The summed E-state index contributed by atoms with van der Waals surface area (Å²) in [5.41, 5.74) is 1.31. The van der Waals surface area contributed by atoms with E-state index >= 15 is 0 Å². The lowest BCUT2D eigenvalue weighted by molar-refractivity contribution is 0.0977. The lowest BCUT2D eigenvalue weighted by atomic mass is 10.1. The molecule has 5 nitrogen and oxygen atoms in total. The highest BCUT2D eigenvalue weighted by atomic mass is 32.1. The number of unbranched alkanes of at least 4 members (excludes halogenated alkanes) is 4. The molecule has 174 valence electrons. The highest BCUT2D eigenvalue weighted by molar-refractivity contribution is 7.80. The van der Waals surface area contributed by atoms with Crippen molar-refractivity contribution in [1.82, 2.24) is 5.32 Å². The highest BCUT2D eigenvalue weighted by Gasteiger charge is 2.09. The second kappa shape index (κ2) is 14.5. The Morgan fingerprint density at radius 1 is 0.875 bits per heavy atom. The third-order valence-corrected chi connectivity index (χ3v) is 5.14. The number of benzene rings is 2. The van der Waals surface area contributed by atoms with Crippen LogP contribution >= 0.6 is 12.2 Å². The fourth-order valence-electron chi connectivity index (χ4n) is 2.98. The lowest BCUT2D eigenvalue weighted by Crippen LogP contribution is -2.34. The van der Waals surface area contributed by atoms with Gasteiger partial charge in [-0.2, -0.15) is 0 Å². The molecule has 0 saturated heterocycles. The van der Waals surface area contributed by atoms with Crippen LogP contribution in [0.2, 0.25) is 0 Å². The maximum Gasteiger partial charge on any atom is 0.257 e. The van der Waals surface area contributed by atoms with Gasteiger partial charge in [0.1, 0.15) is 11.5 Å². The van der Waals surface area contributed by atoms with Crippen LogP contribution in [0.25, 0.3) is 0 Å². The van der Waals surface area contributed by atoms with Gasteiger partial charge in [-0.05, 0) is 79.5 Å². The van der Waals surface area contributed by atoms with Gasteiger partial charge in [-0.25, -0.2) is 0 Å². The minimum absolute atomic E-state index is 0.247. The average molecular weight is 457 g/mol. The van der Waals surface area contributed by atoms with Crippen LogP contribution in [0.1, 0.15) is 69.7 Å². The molecule has 0 heterocycles. The zero-order valence-electron chi connectivity index (χ0n) is 19.5. The molecule has 0 bridgehead atoms. The van der Waals surface area contributed by atoms with E-state index in [2.05, 4.69) is 31.4 Å². The summed E-state index contributed by atoms with van der Waals surface area (Å²) in [5.74, 6) is 1.92. The second-order valence-corrected chi connectivity index (χ2v) is 8.66. The zero-order valence-corrected chi connectivity index (χ0v) is 20.3. The molecule has 0 spiro atoms. The summed E-state index contributed by atoms with van der Waals surface area (Å²) >= 11 is 5.27. The molecule has 0 aliphatic heterocycles. The fraction of sp³-hybridized carbons (Fsp3) is 0.462. The number of hydrogen-bond donors (Lipinski definition) is 2. The van der Waals surface area contributed by atoms with Crippen molar-refractivity contribution in [2.75, 3.05) is 18.5 Å². The Kier molecular flexibility index (Phi) is 11.6. The molecule has 1 amide bonds. The molecule has 0 atom stereocenters. The number of rotatable bonds is 13. The molecule has 2 rings (SSSR count). The van der Waals surface area contributed by atoms with E-state index in [1.165, 1.54) is 25.7 Å². The van der Waals surface area contributed by atoms with E-state index in [0.717, 1.165) is 36.6 Å². The van der Waals surface area contributed by atoms with E-state index in [9.17, 15) is 4.79 Å². The van der Waals surface area contributed by atoms with E-state index in [1.807, 2.05) is 24.3 Å². The van der Waals surface area contributed by atoms with Crippen LogP contribution in [0, 0.1) is 5.92 Å². The van der Waals surface area contributed by atoms with Gasteiger partial charge in [-0.1, -0.05) is 46.5 Å². The lowest BCUT2D eigenvalue weighted by Gasteiger charge is -2.11. The van der Waals surface area contributed by atoms with Gasteiger partial charge in [0.15, 0.2) is 5.11 Å². The van der Waals surface area contributed by atoms with Crippen molar-refractivity contribution in [2.24, 2.45) is 5.92 Å². The van der Waals surface area contributed by atoms with Crippen molar-refractivity contribution in [3.05, 3.63) is 54.1 Å². The molecule has 2 aromatic carbocycles. The van der Waals surface area contributed by atoms with Gasteiger partial charge in [0.2, 0.25) is 0 Å². The highest BCUT2D eigenvalue weighted by Crippen LogP contribution is 2.17. The van der Waals surface area contributed by atoms with Crippen molar-refractivity contribution in [2.45, 2.75) is 59.3 Å². The Labute approximate surface area is 197 Å². The number of carbonyl (C=O) groups excluding carboxylic acids is 1. The van der Waals surface area contributed by atoms with Gasteiger partial charge in [0.05, 0.1) is 13.2 Å². The van der Waals surface area contributed by atoms with Crippen LogP contribution in [0.3, 0.4) is 0 Å². The average Bonchev–Trinajstić information content (AvgIpc) is 2.77. The van der Waals surface area contributed by atoms with Crippen LogP contribution in [-0.4, -0.2) is 24.2 Å². The Morgan fingerprint density at radius 2 is 1.47 bits per heavy atom. The number of anilines is 1. The zero-order chi connectivity index (χ0) is 23.2. The number of carbonyl (C=O) groups is 1. The fourth-order valence-corrected chi connectivity index (χ4v) is 3.19. The predicted octanol–water partition coefficient (Wildman–Crippen LogP) is 6.59. The molecule has 0 aliphatic carbocycles. The molecule has 32 heavy (non-hydrogen) atoms. The first kappa shape index (κ1) is 25.7. The van der Waals surface area contributed by atoms with Gasteiger partial charge in [-0.3, -0.25) is 10.1 Å². The second-order valence-electron chi connectivity index (χ2n) is 8.25. The number of hydrogen-bond acceptors (Lipinski definition) is 4. The predicted molar refractivity (Wildman–Crippen MR) is 136 cm³/mol. The number of ether oxygens (including phenoxy) is 2. The van der Waals surface area contributed by atoms with Crippen molar-refractivity contribution in [1.29, 1.82) is 0 Å². The Morgan fingerprint density at radius 3 is 2.09 bits per heavy atom. The molecule has 2 aromatic rings. The van der Waals surface area contributed by atoms with Gasteiger partial charge >= 0.3 is 0 Å². The smallest absolute Gasteiger partial charge is 0.257 e. The van der Waals surface area contributed by atoms with Crippen molar-refractivity contribution < 1.29 is 14.3 Å². The largest absolute Gasteiger partial charge is 0.494 e. The minimum atomic E-state index is -0.265. The van der Waals surface area contributed by atoms with Crippen LogP contribution in [0.5, 0.6) is 11.5 Å². The van der Waals surface area contributed by atoms with E-state index in [1.54, 1.807) is 24.3 Å². The molecule has 2 N–H and O–H groups in total. The molecule has 0 fully saturated rings. The quantitative estimate of drug-likeness (QED) is 0.263. The molecular weight excluding hydrogens is 420 g/mol. The minimum Gasteiger partial charge on any atom is -0.494 e. The van der Waals surface area contributed by atoms with Gasteiger partial charge in [0.25, 0.3) is 5.91 Å². The van der Waals surface area contributed by atoms with Crippen molar-refractivity contribution in [3.63, 3.8) is 0 Å². The topological polar surface area (TPSA) is 59.6 Å². The molecule has 0 aromatic heterocycles. The summed E-state index contributed by atoms with van der Waals surface area (Å²) in [6.07, 6.45) is 7.07. The first-order chi connectivity index (χ1) is 15.5. The Balaban J connectivity index is 1.72. The summed E-state index contributed by atoms with van der Waals surface area (Å²) in [4.78, 5) is 12.4. The summed E-state index contributed by atoms with van der Waals surface area (Å²) < 4.78 is 11.5. The molecule has 0 radical (unpaired) electrons. The molecule has 0 aliphatic rings. The third kappa shape index (κ3) is 10.1. The SMILES string of the molecule is CCCCCCCOc1ccc(NC(=S)NC(=O)c2ccc(OCCC(C)C)cc2)cc1. The van der Waals surface area contributed by atoms with Crippen molar-refractivity contribution >= 4 is 28.9 Å². The maximum atomic E-state index is 12.4. The standard InChI is InChI=1S/C26H36N2O3S/c1-4-5-6-7-8-18-30-24-15-11-22(12-16-24)27-26(32)28-25(29)21-9-13-23(14-10-21)31-19-17-20(2)3/h9-16,20H,4-8,17-19H2,1-3H3,(H2,27,28,29,32). The van der Waals surface area contributed by atoms with E-state index in [0.29, 0.717) is 18.1 Å². The molecule has 0 saturated carbocycles. The first-order valence-electron chi connectivity index (χ1n) is 11.6. The van der Waals surface area contributed by atoms with E-state index < -0.39 is 0 Å². The van der Waals surface area contributed by atoms with Crippen LogP contribution < -0.4 is 20.1 Å². The normalized spacial score (nSPS) is 10.6. The summed E-state index contributed by atoms with van der Waals surface area (Å²) in [6, 6.07) is 14.6. The van der Waals surface area contributed by atoms with Crippen LogP contribution in [-0.2, 0) is 0 Å². The number of amides is 1. The van der Waals surface area contributed by atoms with Crippen LogP contribution in [0.4, 0.5) is 5.69 Å². The number of thiocarbonyl (C=S) groups is 1. The van der Waals surface area contributed by atoms with Crippen molar-refractivity contribution in [3.8, 4) is 11.5 Å². The molecule has 0 unspecified atom stereocenters. The first-order valence-corrected chi connectivity index (χ1v) is 12.0. The van der Waals surface area contributed by atoms with Gasteiger partial charge in [-0.15, -0.1) is 0 Å². The molecular formula is C26H36N2O3S. The maximum absolute atomic E-state index is 12.4. The van der Waals surface area contributed by atoms with E-state index in [4.69, 9.17) is 21.7 Å². The summed E-state index contributed by atoms with van der Waals surface area (Å²) in [7, 11) is 0. The molecule has 6 heteroatoms. The van der Waals surface area contributed by atoms with E-state index in [-0.39, 0.29) is 11.0 Å². The summed E-state index contributed by atoms with van der Waals surface area (Å²) in [6.45, 7) is 7.93. The monoisotopic (exact) mass is 456 g/mol.